The van der Waals surface area contributed by atoms with Gasteiger partial charge in [-0.3, -0.25) is 0 Å². The molecule has 3 aromatic carbocycles. The van der Waals surface area contributed by atoms with E-state index in [1.165, 1.54) is 11.1 Å². The van der Waals surface area contributed by atoms with Gasteiger partial charge >= 0.3 is 5.97 Å². The Morgan fingerprint density at radius 1 is 0.852 bits per heavy atom. The number of anilines is 2. The van der Waals surface area contributed by atoms with Crippen molar-refractivity contribution in [2.75, 3.05) is 10.6 Å². The summed E-state index contributed by atoms with van der Waals surface area (Å²) in [6.07, 6.45) is 2.69. The van der Waals surface area contributed by atoms with E-state index in [0.29, 0.717) is 24.3 Å². The molecule has 3 rings (SSSR count). The summed E-state index contributed by atoms with van der Waals surface area (Å²) in [5, 5.41) is 9.02. The molecule has 0 saturated heterocycles. The number of carboxylic acid groups (broad SMARTS) is 1. The first-order valence-electron chi connectivity index (χ1n) is 8.76. The number of rotatable bonds is 7. The zero-order valence-corrected chi connectivity index (χ0v) is 15.0. The summed E-state index contributed by atoms with van der Waals surface area (Å²) in [6.45, 7) is 1.38. The first-order valence-corrected chi connectivity index (χ1v) is 8.76. The van der Waals surface area contributed by atoms with Crippen molar-refractivity contribution >= 4 is 23.4 Å². The molecule has 136 valence electrons. The van der Waals surface area contributed by atoms with Crippen LogP contribution in [0.5, 0.6) is 0 Å². The minimum absolute atomic E-state index is 0.552. The highest BCUT2D eigenvalue weighted by atomic mass is 16.4. The molecule has 3 aromatic rings. The number of hydrogen-bond donors (Lipinski definition) is 2. The van der Waals surface area contributed by atoms with Gasteiger partial charge in [0.25, 0.3) is 0 Å². The quantitative estimate of drug-likeness (QED) is 0.479. The van der Waals surface area contributed by atoms with E-state index in [1.807, 2.05) is 48.5 Å². The standard InChI is InChI=1S/C23H22N2O2/c24-21-12-7-13-22(20(21)14-15-23(26)27)25(16-18-8-3-1-4-9-18)17-19-10-5-2-6-11-19/h1-15H,16-17,24H2,(H,26,27)/b15-14+. The van der Waals surface area contributed by atoms with E-state index in [-0.39, 0.29) is 0 Å². The highest BCUT2D eigenvalue weighted by Crippen LogP contribution is 2.30. The second kappa shape index (κ2) is 8.72. The zero-order valence-electron chi connectivity index (χ0n) is 15.0. The van der Waals surface area contributed by atoms with Gasteiger partial charge in [0.2, 0.25) is 0 Å². The second-order valence-corrected chi connectivity index (χ2v) is 6.28. The number of nitrogens with two attached hydrogens (primary N) is 1. The van der Waals surface area contributed by atoms with Gasteiger partial charge in [0.1, 0.15) is 0 Å². The normalized spacial score (nSPS) is 10.8. The lowest BCUT2D eigenvalue weighted by Gasteiger charge is -2.27. The van der Waals surface area contributed by atoms with Crippen LogP contribution in [-0.2, 0) is 17.9 Å². The number of aliphatic carboxylic acids is 1. The molecule has 0 unspecified atom stereocenters. The first-order chi connectivity index (χ1) is 13.1. The van der Waals surface area contributed by atoms with Crippen LogP contribution >= 0.6 is 0 Å². The molecule has 0 atom stereocenters. The summed E-state index contributed by atoms with van der Waals surface area (Å²) in [5.41, 5.74) is 10.7. The molecule has 0 radical (unpaired) electrons. The first kappa shape index (κ1) is 18.3. The Hall–Kier alpha value is -3.53. The lowest BCUT2D eigenvalue weighted by Crippen LogP contribution is -2.23. The fraction of sp³-hybridized carbons (Fsp3) is 0.0870. The Kier molecular flexibility index (Phi) is 5.90. The third-order valence-electron chi connectivity index (χ3n) is 4.28. The van der Waals surface area contributed by atoms with Crippen LogP contribution in [0.25, 0.3) is 6.08 Å². The van der Waals surface area contributed by atoms with Crippen molar-refractivity contribution in [2.24, 2.45) is 0 Å². The molecule has 0 fully saturated rings. The lowest BCUT2D eigenvalue weighted by atomic mass is 10.1. The minimum atomic E-state index is -0.998. The molecular weight excluding hydrogens is 336 g/mol. The summed E-state index contributed by atoms with van der Waals surface area (Å²) in [7, 11) is 0. The summed E-state index contributed by atoms with van der Waals surface area (Å²) >= 11 is 0. The van der Waals surface area contributed by atoms with Crippen LogP contribution < -0.4 is 10.6 Å². The van der Waals surface area contributed by atoms with Gasteiger partial charge in [-0.05, 0) is 29.3 Å². The van der Waals surface area contributed by atoms with E-state index < -0.39 is 5.97 Å². The summed E-state index contributed by atoms with van der Waals surface area (Å²) in [4.78, 5) is 13.2. The van der Waals surface area contributed by atoms with Crippen LogP contribution in [0, 0.1) is 0 Å². The van der Waals surface area contributed by atoms with Crippen LogP contribution in [0.4, 0.5) is 11.4 Å². The van der Waals surface area contributed by atoms with Crippen LogP contribution in [-0.4, -0.2) is 11.1 Å². The molecule has 0 saturated carbocycles. The Labute approximate surface area is 159 Å². The Morgan fingerprint density at radius 3 is 1.93 bits per heavy atom. The van der Waals surface area contributed by atoms with Gasteiger partial charge in [0.15, 0.2) is 0 Å². The third kappa shape index (κ3) is 4.98. The summed E-state index contributed by atoms with van der Waals surface area (Å²) in [6, 6.07) is 26.0. The minimum Gasteiger partial charge on any atom is -0.478 e. The van der Waals surface area contributed by atoms with Crippen LogP contribution in [0.1, 0.15) is 16.7 Å². The van der Waals surface area contributed by atoms with Gasteiger partial charge in [-0.25, -0.2) is 4.79 Å². The van der Waals surface area contributed by atoms with E-state index in [9.17, 15) is 4.79 Å². The largest absolute Gasteiger partial charge is 0.478 e. The average Bonchev–Trinajstić information content (AvgIpc) is 2.68. The Bertz CT molecular complexity index is 880. The van der Waals surface area contributed by atoms with Crippen LogP contribution in [0.2, 0.25) is 0 Å². The highest BCUT2D eigenvalue weighted by Gasteiger charge is 2.14. The van der Waals surface area contributed by atoms with Gasteiger partial charge in [-0.1, -0.05) is 66.7 Å². The van der Waals surface area contributed by atoms with Crippen LogP contribution in [0.15, 0.2) is 84.9 Å². The van der Waals surface area contributed by atoms with Crippen molar-refractivity contribution in [2.45, 2.75) is 13.1 Å². The Morgan fingerprint density at radius 2 is 1.41 bits per heavy atom. The maximum absolute atomic E-state index is 11.0. The van der Waals surface area contributed by atoms with Crippen molar-refractivity contribution in [3.63, 3.8) is 0 Å². The summed E-state index contributed by atoms with van der Waals surface area (Å²) < 4.78 is 0. The van der Waals surface area contributed by atoms with Gasteiger partial charge < -0.3 is 15.7 Å². The molecule has 3 N–H and O–H groups in total. The number of nitrogens with zero attached hydrogens (tertiary/aromatic N) is 1. The van der Waals surface area contributed by atoms with Crippen LogP contribution in [0.3, 0.4) is 0 Å². The highest BCUT2D eigenvalue weighted by molar-refractivity contribution is 5.89. The molecule has 0 aromatic heterocycles. The molecule has 4 heteroatoms. The van der Waals surface area contributed by atoms with E-state index in [0.717, 1.165) is 11.8 Å². The van der Waals surface area contributed by atoms with Gasteiger partial charge in [0, 0.05) is 36.1 Å². The molecule has 0 amide bonds. The van der Waals surface area contributed by atoms with Gasteiger partial charge in [-0.15, -0.1) is 0 Å². The SMILES string of the molecule is Nc1cccc(N(Cc2ccccc2)Cc2ccccc2)c1/C=C/C(=O)O. The molecule has 0 bridgehead atoms. The number of carbonyl (C=O) groups is 1. The lowest BCUT2D eigenvalue weighted by molar-refractivity contribution is -0.131. The van der Waals surface area contributed by atoms with Crippen molar-refractivity contribution in [1.29, 1.82) is 0 Å². The predicted molar refractivity (Wildman–Crippen MR) is 110 cm³/mol. The molecule has 0 aliphatic rings. The predicted octanol–water partition coefficient (Wildman–Crippen LogP) is 4.57. The smallest absolute Gasteiger partial charge is 0.328 e. The Balaban J connectivity index is 2.02. The monoisotopic (exact) mass is 358 g/mol. The van der Waals surface area contributed by atoms with E-state index in [4.69, 9.17) is 10.8 Å². The molecule has 0 spiro atoms. The topological polar surface area (TPSA) is 66.6 Å². The average molecular weight is 358 g/mol. The second-order valence-electron chi connectivity index (χ2n) is 6.28. The molecule has 27 heavy (non-hydrogen) atoms. The van der Waals surface area contributed by atoms with E-state index >= 15 is 0 Å². The van der Waals surface area contributed by atoms with Gasteiger partial charge in [0.05, 0.1) is 0 Å². The maximum Gasteiger partial charge on any atom is 0.328 e. The van der Waals surface area contributed by atoms with Gasteiger partial charge in [-0.2, -0.15) is 0 Å². The van der Waals surface area contributed by atoms with E-state index in [2.05, 4.69) is 29.2 Å². The molecule has 0 heterocycles. The number of hydrogen-bond acceptors (Lipinski definition) is 3. The van der Waals surface area contributed by atoms with Crippen molar-refractivity contribution in [3.8, 4) is 0 Å². The zero-order chi connectivity index (χ0) is 19.1. The molecular formula is C23H22N2O2. The van der Waals surface area contributed by atoms with Crippen molar-refractivity contribution < 1.29 is 9.90 Å². The maximum atomic E-state index is 11.0. The van der Waals surface area contributed by atoms with E-state index in [1.54, 1.807) is 12.1 Å². The van der Waals surface area contributed by atoms with Crippen molar-refractivity contribution in [1.82, 2.24) is 0 Å². The summed E-state index contributed by atoms with van der Waals surface area (Å²) in [5.74, 6) is -0.998. The molecule has 0 aliphatic carbocycles. The number of nitrogen functional groups attached to an aromatic ring is 1. The number of carboxylic acids is 1. The third-order valence-corrected chi connectivity index (χ3v) is 4.28. The molecule has 4 nitrogen and oxygen atoms in total. The van der Waals surface area contributed by atoms with Crippen molar-refractivity contribution in [3.05, 3.63) is 102 Å². The number of benzene rings is 3. The fourth-order valence-electron chi connectivity index (χ4n) is 3.02. The molecule has 0 aliphatic heterocycles. The fourth-order valence-corrected chi connectivity index (χ4v) is 3.02.